The predicted molar refractivity (Wildman–Crippen MR) is 43.5 cm³/mol. The van der Waals surface area contributed by atoms with Crippen LogP contribution in [-0.2, 0) is 9.53 Å². The second-order valence-electron chi connectivity index (χ2n) is 1.95. The number of aliphatic hydroxyl groups is 1. The first kappa shape index (κ1) is 13.9. The summed E-state index contributed by atoms with van der Waals surface area (Å²) < 4.78 is 4.53. The Morgan fingerprint density at radius 1 is 1.73 bits per heavy atom. The van der Waals surface area contributed by atoms with Gasteiger partial charge in [-0.05, 0) is 6.42 Å². The van der Waals surface area contributed by atoms with Crippen molar-refractivity contribution in [2.45, 2.75) is 19.4 Å². The molecule has 0 bridgehead atoms. The summed E-state index contributed by atoms with van der Waals surface area (Å²) in [6.45, 7) is 1.73. The number of esters is 1. The van der Waals surface area contributed by atoms with Crippen LogP contribution in [0.25, 0.3) is 0 Å². The van der Waals surface area contributed by atoms with E-state index < -0.39 is 12.1 Å². The summed E-state index contributed by atoms with van der Waals surface area (Å²) in [4.78, 5) is 10.4. The quantitative estimate of drug-likeness (QED) is 0.403. The third-order valence-electron chi connectivity index (χ3n) is 1.07. The van der Waals surface area contributed by atoms with E-state index >= 15 is 0 Å². The minimum atomic E-state index is -0.560. The van der Waals surface area contributed by atoms with Crippen LogP contribution in [0.5, 0.6) is 0 Å². The molecular formula is C6H14NNaO3. The number of rotatable bonds is 4. The molecule has 11 heavy (non-hydrogen) atoms. The van der Waals surface area contributed by atoms with Gasteiger partial charge in [-0.1, -0.05) is 6.92 Å². The zero-order chi connectivity index (χ0) is 7.98. The monoisotopic (exact) mass is 171 g/mol. The standard InChI is InChI=1S/C6H13NO3.Na.H/c1-2-5(8)4-10-6(9)3-7;;/h5,8H,2-4,7H2,1H3;;. The van der Waals surface area contributed by atoms with Crippen molar-refractivity contribution in [1.82, 2.24) is 0 Å². The van der Waals surface area contributed by atoms with Gasteiger partial charge in [0.25, 0.3) is 0 Å². The van der Waals surface area contributed by atoms with Crippen molar-refractivity contribution in [2.75, 3.05) is 13.2 Å². The molecule has 0 aromatic rings. The van der Waals surface area contributed by atoms with Crippen LogP contribution in [0.1, 0.15) is 13.3 Å². The maximum absolute atomic E-state index is 10.4. The van der Waals surface area contributed by atoms with Crippen LogP contribution in [0.3, 0.4) is 0 Å². The third-order valence-corrected chi connectivity index (χ3v) is 1.07. The van der Waals surface area contributed by atoms with Crippen molar-refractivity contribution in [3.63, 3.8) is 0 Å². The maximum atomic E-state index is 10.4. The molecule has 0 aromatic carbocycles. The SMILES string of the molecule is CCC(O)COC(=O)CN.[NaH]. The molecule has 4 nitrogen and oxygen atoms in total. The van der Waals surface area contributed by atoms with Gasteiger partial charge in [0.2, 0.25) is 0 Å². The molecule has 0 saturated carbocycles. The Balaban J connectivity index is 0. The first-order chi connectivity index (χ1) is 4.70. The Labute approximate surface area is 88.4 Å². The van der Waals surface area contributed by atoms with Crippen molar-refractivity contribution in [3.05, 3.63) is 0 Å². The zero-order valence-corrected chi connectivity index (χ0v) is 6.04. The molecule has 1 unspecified atom stereocenters. The molecule has 0 rings (SSSR count). The number of ether oxygens (including phenoxy) is 1. The molecule has 5 heteroatoms. The van der Waals surface area contributed by atoms with E-state index in [0.717, 1.165) is 0 Å². The second-order valence-corrected chi connectivity index (χ2v) is 1.95. The number of carbonyl (C=O) groups is 1. The summed E-state index contributed by atoms with van der Waals surface area (Å²) in [5, 5.41) is 8.88. The Bertz CT molecular complexity index is 110. The molecule has 1 atom stereocenters. The van der Waals surface area contributed by atoms with Gasteiger partial charge in [0.1, 0.15) is 6.61 Å². The summed E-state index contributed by atoms with van der Waals surface area (Å²) in [5.74, 6) is -0.479. The van der Waals surface area contributed by atoms with E-state index in [1.807, 2.05) is 0 Å². The van der Waals surface area contributed by atoms with E-state index in [4.69, 9.17) is 10.8 Å². The van der Waals surface area contributed by atoms with Crippen LogP contribution in [0.4, 0.5) is 0 Å². The average Bonchev–Trinajstić information content (AvgIpc) is 1.99. The minimum absolute atomic E-state index is 0. The third kappa shape index (κ3) is 8.29. The summed E-state index contributed by atoms with van der Waals surface area (Å²) in [6, 6.07) is 0. The van der Waals surface area contributed by atoms with Gasteiger partial charge in [-0.3, -0.25) is 4.79 Å². The molecule has 0 heterocycles. The second kappa shape index (κ2) is 8.49. The first-order valence-corrected chi connectivity index (χ1v) is 3.24. The zero-order valence-electron chi connectivity index (χ0n) is 6.04. The molecule has 0 fully saturated rings. The summed E-state index contributed by atoms with van der Waals surface area (Å²) in [7, 11) is 0. The topological polar surface area (TPSA) is 72.5 Å². The molecule has 0 radical (unpaired) electrons. The fourth-order valence-corrected chi connectivity index (χ4v) is 0.366. The van der Waals surface area contributed by atoms with Crippen LogP contribution in [0, 0.1) is 0 Å². The van der Waals surface area contributed by atoms with Gasteiger partial charge >= 0.3 is 35.5 Å². The molecule has 62 valence electrons. The summed E-state index contributed by atoms with van der Waals surface area (Å²) in [5.41, 5.74) is 4.94. The van der Waals surface area contributed by atoms with Crippen LogP contribution in [0.2, 0.25) is 0 Å². The van der Waals surface area contributed by atoms with Crippen LogP contribution >= 0.6 is 0 Å². The van der Waals surface area contributed by atoms with Crippen LogP contribution in [0.15, 0.2) is 0 Å². The molecular weight excluding hydrogens is 157 g/mol. The number of nitrogens with two attached hydrogens (primary N) is 1. The van der Waals surface area contributed by atoms with Crippen molar-refractivity contribution < 1.29 is 14.6 Å². The van der Waals surface area contributed by atoms with Crippen molar-refractivity contribution >= 4 is 35.5 Å². The van der Waals surface area contributed by atoms with E-state index in [-0.39, 0.29) is 42.7 Å². The normalized spacial score (nSPS) is 11.5. The van der Waals surface area contributed by atoms with Crippen molar-refractivity contribution in [2.24, 2.45) is 5.73 Å². The number of hydrogen-bond donors (Lipinski definition) is 2. The van der Waals surface area contributed by atoms with E-state index in [0.29, 0.717) is 6.42 Å². The Morgan fingerprint density at radius 2 is 2.27 bits per heavy atom. The first-order valence-electron chi connectivity index (χ1n) is 3.24. The number of aliphatic hydroxyl groups excluding tert-OH is 1. The van der Waals surface area contributed by atoms with Gasteiger partial charge in [0.15, 0.2) is 0 Å². The molecule has 0 aliphatic heterocycles. The van der Waals surface area contributed by atoms with Gasteiger partial charge in [-0.15, -0.1) is 0 Å². The van der Waals surface area contributed by atoms with Crippen LogP contribution in [-0.4, -0.2) is 59.9 Å². The van der Waals surface area contributed by atoms with E-state index in [9.17, 15) is 4.79 Å². The van der Waals surface area contributed by atoms with E-state index in [2.05, 4.69) is 4.74 Å². The molecule has 0 aliphatic rings. The fourth-order valence-electron chi connectivity index (χ4n) is 0.366. The summed E-state index contributed by atoms with van der Waals surface area (Å²) in [6.07, 6.45) is 0.0215. The molecule has 0 amide bonds. The van der Waals surface area contributed by atoms with Gasteiger partial charge in [-0.25, -0.2) is 0 Å². The molecule has 3 N–H and O–H groups in total. The summed E-state index contributed by atoms with van der Waals surface area (Å²) >= 11 is 0. The molecule has 0 aliphatic carbocycles. The van der Waals surface area contributed by atoms with E-state index in [1.165, 1.54) is 0 Å². The van der Waals surface area contributed by atoms with Crippen molar-refractivity contribution in [3.8, 4) is 0 Å². The van der Waals surface area contributed by atoms with E-state index in [1.54, 1.807) is 6.92 Å². The van der Waals surface area contributed by atoms with Crippen molar-refractivity contribution in [1.29, 1.82) is 0 Å². The Morgan fingerprint density at radius 3 is 2.64 bits per heavy atom. The fraction of sp³-hybridized carbons (Fsp3) is 0.833. The number of hydrogen-bond acceptors (Lipinski definition) is 4. The molecule has 0 spiro atoms. The predicted octanol–water partition coefficient (Wildman–Crippen LogP) is -1.39. The average molecular weight is 171 g/mol. The molecule has 0 aromatic heterocycles. The van der Waals surface area contributed by atoms with Gasteiger partial charge in [0, 0.05) is 0 Å². The molecule has 0 saturated heterocycles. The van der Waals surface area contributed by atoms with Gasteiger partial charge < -0.3 is 15.6 Å². The number of carbonyl (C=O) groups excluding carboxylic acids is 1. The van der Waals surface area contributed by atoms with Gasteiger partial charge in [-0.2, -0.15) is 0 Å². The Hall–Kier alpha value is 0.390. The van der Waals surface area contributed by atoms with Crippen LogP contribution < -0.4 is 5.73 Å². The van der Waals surface area contributed by atoms with Gasteiger partial charge in [0.05, 0.1) is 12.6 Å². The Kier molecular flexibility index (Phi) is 10.8.